The fourth-order valence-corrected chi connectivity index (χ4v) is 3.53. The lowest BCUT2D eigenvalue weighted by Crippen LogP contribution is -2.45. The normalized spacial score (nSPS) is 18.1. The van der Waals surface area contributed by atoms with Crippen LogP contribution < -0.4 is 10.6 Å². The third kappa shape index (κ3) is 6.24. The summed E-state index contributed by atoms with van der Waals surface area (Å²) in [6.07, 6.45) is 3.09. The Bertz CT molecular complexity index is 845. The van der Waals surface area contributed by atoms with E-state index in [4.69, 9.17) is 11.6 Å². The molecule has 3 rings (SSSR count). The van der Waals surface area contributed by atoms with E-state index in [2.05, 4.69) is 15.6 Å². The average Bonchev–Trinajstić information content (AvgIpc) is 2.70. The second-order valence-corrected chi connectivity index (χ2v) is 7.70. The van der Waals surface area contributed by atoms with Crippen LogP contribution >= 0.6 is 11.6 Å². The maximum absolute atomic E-state index is 13.0. The van der Waals surface area contributed by atoms with E-state index >= 15 is 0 Å². The number of amides is 2. The van der Waals surface area contributed by atoms with Gasteiger partial charge in [0.2, 0.25) is 11.8 Å². The first-order valence-corrected chi connectivity index (χ1v) is 9.98. The van der Waals surface area contributed by atoms with Crippen molar-refractivity contribution in [3.63, 3.8) is 0 Å². The van der Waals surface area contributed by atoms with Crippen LogP contribution in [0.1, 0.15) is 31.4 Å². The van der Waals surface area contributed by atoms with E-state index in [9.17, 15) is 14.0 Å². The predicted molar refractivity (Wildman–Crippen MR) is 110 cm³/mol. The maximum atomic E-state index is 13.0. The number of pyridine rings is 1. The van der Waals surface area contributed by atoms with Crippen molar-refractivity contribution in [2.45, 2.75) is 25.8 Å². The third-order valence-corrected chi connectivity index (χ3v) is 5.19. The quantitative estimate of drug-likeness (QED) is 0.754. The summed E-state index contributed by atoms with van der Waals surface area (Å²) in [5, 5.41) is 6.24. The number of halogens is 2. The van der Waals surface area contributed by atoms with Crippen molar-refractivity contribution in [1.82, 2.24) is 15.2 Å². The van der Waals surface area contributed by atoms with Crippen LogP contribution in [-0.2, 0) is 9.59 Å². The molecule has 2 atom stereocenters. The highest BCUT2D eigenvalue weighted by molar-refractivity contribution is 6.30. The molecule has 0 bridgehead atoms. The van der Waals surface area contributed by atoms with E-state index in [-0.39, 0.29) is 36.1 Å². The van der Waals surface area contributed by atoms with Crippen molar-refractivity contribution < 1.29 is 14.0 Å². The number of carbonyl (C=O) groups excluding carboxylic acids is 2. The number of hydrogen-bond donors (Lipinski definition) is 2. The van der Waals surface area contributed by atoms with Gasteiger partial charge < -0.3 is 10.6 Å². The molecule has 1 aliphatic heterocycles. The van der Waals surface area contributed by atoms with Crippen LogP contribution in [0.15, 0.2) is 42.6 Å². The summed E-state index contributed by atoms with van der Waals surface area (Å²) in [5.41, 5.74) is 0.839. The highest BCUT2D eigenvalue weighted by atomic mass is 35.5. The van der Waals surface area contributed by atoms with E-state index in [0.29, 0.717) is 17.4 Å². The fraction of sp³-hybridized carbons (Fsp3) is 0.381. The summed E-state index contributed by atoms with van der Waals surface area (Å²) in [6.45, 7) is 3.35. The van der Waals surface area contributed by atoms with E-state index in [1.807, 2.05) is 11.8 Å². The summed E-state index contributed by atoms with van der Waals surface area (Å²) in [5.74, 6) is -0.281. The summed E-state index contributed by atoms with van der Waals surface area (Å²) < 4.78 is 13.0. The van der Waals surface area contributed by atoms with Crippen LogP contribution in [0.2, 0.25) is 5.02 Å². The van der Waals surface area contributed by atoms with E-state index in [1.165, 1.54) is 18.3 Å². The second-order valence-electron chi connectivity index (χ2n) is 7.27. The van der Waals surface area contributed by atoms with Crippen molar-refractivity contribution in [1.29, 1.82) is 0 Å². The van der Waals surface area contributed by atoms with Crippen molar-refractivity contribution in [3.05, 3.63) is 59.0 Å². The minimum Gasteiger partial charge on any atom is -0.348 e. The Morgan fingerprint density at radius 1 is 1.28 bits per heavy atom. The van der Waals surface area contributed by atoms with Crippen LogP contribution in [0.4, 0.5) is 10.2 Å². The lowest BCUT2D eigenvalue weighted by Gasteiger charge is -2.31. The number of aromatic nitrogens is 1. The molecule has 2 N–H and O–H groups in total. The molecular weight excluding hydrogens is 395 g/mol. The van der Waals surface area contributed by atoms with Crippen LogP contribution in [-0.4, -0.2) is 41.3 Å². The lowest BCUT2D eigenvalue weighted by atomic mass is 9.97. The van der Waals surface area contributed by atoms with Gasteiger partial charge in [-0.15, -0.1) is 0 Å². The zero-order valence-electron chi connectivity index (χ0n) is 16.2. The topological polar surface area (TPSA) is 74.3 Å². The first-order valence-electron chi connectivity index (χ1n) is 9.60. The Kier molecular flexibility index (Phi) is 7.17. The number of likely N-dealkylation sites (tertiary alicyclic amines) is 1. The first-order chi connectivity index (χ1) is 13.9. The Hall–Kier alpha value is -2.51. The molecule has 1 aliphatic rings. The van der Waals surface area contributed by atoms with E-state index in [0.717, 1.165) is 24.9 Å². The van der Waals surface area contributed by atoms with Crippen LogP contribution in [0.25, 0.3) is 0 Å². The molecule has 0 saturated carbocycles. The minimum atomic E-state index is -0.307. The maximum Gasteiger partial charge on any atom is 0.234 e. The van der Waals surface area contributed by atoms with Crippen LogP contribution in [0.3, 0.4) is 0 Å². The van der Waals surface area contributed by atoms with Gasteiger partial charge in [-0.2, -0.15) is 0 Å². The smallest absolute Gasteiger partial charge is 0.234 e. The van der Waals surface area contributed by atoms with Crippen molar-refractivity contribution in [2.24, 2.45) is 5.92 Å². The molecule has 1 saturated heterocycles. The summed E-state index contributed by atoms with van der Waals surface area (Å²) in [4.78, 5) is 31.0. The molecule has 1 aromatic carbocycles. The molecule has 0 aliphatic carbocycles. The highest BCUT2D eigenvalue weighted by Crippen LogP contribution is 2.19. The fourth-order valence-electron chi connectivity index (χ4n) is 3.42. The molecule has 0 spiro atoms. The Labute approximate surface area is 174 Å². The van der Waals surface area contributed by atoms with E-state index < -0.39 is 0 Å². The molecular formula is C21H24ClFN4O2. The third-order valence-electron chi connectivity index (χ3n) is 4.97. The number of nitrogens with one attached hydrogen (secondary N) is 2. The van der Waals surface area contributed by atoms with Gasteiger partial charge in [0.25, 0.3) is 0 Å². The molecule has 8 heteroatoms. The molecule has 154 valence electrons. The van der Waals surface area contributed by atoms with Gasteiger partial charge in [-0.25, -0.2) is 9.37 Å². The Morgan fingerprint density at radius 3 is 2.72 bits per heavy atom. The Morgan fingerprint density at radius 2 is 2.03 bits per heavy atom. The summed E-state index contributed by atoms with van der Waals surface area (Å²) in [7, 11) is 0. The minimum absolute atomic E-state index is 0.107. The van der Waals surface area contributed by atoms with Gasteiger partial charge in [0.1, 0.15) is 11.6 Å². The molecule has 2 amide bonds. The SMILES string of the molecule is CC(NC(=O)CN1CCCC(C(=O)Nc2ccc(Cl)cn2)C1)c1ccc(F)cc1. The largest absolute Gasteiger partial charge is 0.348 e. The van der Waals surface area contributed by atoms with E-state index in [1.54, 1.807) is 24.3 Å². The van der Waals surface area contributed by atoms with Gasteiger partial charge in [0.05, 0.1) is 23.5 Å². The zero-order valence-corrected chi connectivity index (χ0v) is 17.0. The molecule has 2 heterocycles. The Balaban J connectivity index is 1.49. The average molecular weight is 419 g/mol. The zero-order chi connectivity index (χ0) is 20.8. The van der Waals surface area contributed by atoms with Gasteiger partial charge in [0.15, 0.2) is 0 Å². The number of nitrogens with zero attached hydrogens (tertiary/aromatic N) is 2. The highest BCUT2D eigenvalue weighted by Gasteiger charge is 2.27. The molecule has 1 fully saturated rings. The molecule has 2 unspecified atom stereocenters. The molecule has 1 aromatic heterocycles. The number of anilines is 1. The standard InChI is InChI=1S/C21H24ClFN4O2/c1-14(15-4-7-18(23)8-5-15)25-20(28)13-27-10-2-3-16(12-27)21(29)26-19-9-6-17(22)11-24-19/h4-9,11,14,16H,2-3,10,12-13H2,1H3,(H,25,28)(H,24,26,29). The van der Waals surface area contributed by atoms with Crippen molar-refractivity contribution in [2.75, 3.05) is 25.0 Å². The lowest BCUT2D eigenvalue weighted by molar-refractivity contribution is -0.126. The number of hydrogen-bond acceptors (Lipinski definition) is 4. The van der Waals surface area contributed by atoms with Gasteiger partial charge in [-0.1, -0.05) is 23.7 Å². The molecule has 0 radical (unpaired) electrons. The molecule has 29 heavy (non-hydrogen) atoms. The predicted octanol–water partition coefficient (Wildman–Crippen LogP) is 3.40. The first kappa shape index (κ1) is 21.2. The number of benzene rings is 1. The summed E-state index contributed by atoms with van der Waals surface area (Å²) in [6, 6.07) is 9.18. The molecule has 6 nitrogen and oxygen atoms in total. The second kappa shape index (κ2) is 9.80. The number of rotatable bonds is 6. The van der Waals surface area contributed by atoms with Gasteiger partial charge >= 0.3 is 0 Å². The number of piperidine rings is 1. The van der Waals surface area contributed by atoms with Gasteiger partial charge in [-0.05, 0) is 56.1 Å². The van der Waals surface area contributed by atoms with Gasteiger partial charge in [0, 0.05) is 12.7 Å². The van der Waals surface area contributed by atoms with Gasteiger partial charge in [-0.3, -0.25) is 14.5 Å². The van der Waals surface area contributed by atoms with Crippen molar-refractivity contribution >= 4 is 29.2 Å². The van der Waals surface area contributed by atoms with Crippen molar-refractivity contribution in [3.8, 4) is 0 Å². The summed E-state index contributed by atoms with van der Waals surface area (Å²) >= 11 is 5.81. The monoisotopic (exact) mass is 418 g/mol. The molecule has 2 aromatic rings. The number of carbonyl (C=O) groups is 2. The van der Waals surface area contributed by atoms with Crippen LogP contribution in [0, 0.1) is 11.7 Å². The van der Waals surface area contributed by atoms with Crippen LogP contribution in [0.5, 0.6) is 0 Å².